The van der Waals surface area contributed by atoms with Crippen molar-refractivity contribution < 1.29 is 42.8 Å². The summed E-state index contributed by atoms with van der Waals surface area (Å²) in [5.41, 5.74) is -0.108. The predicted octanol–water partition coefficient (Wildman–Crippen LogP) is 2.90. The molecule has 1 aromatic heterocycles. The zero-order valence-electron chi connectivity index (χ0n) is 22.6. The lowest BCUT2D eigenvalue weighted by molar-refractivity contribution is -0.162. The summed E-state index contributed by atoms with van der Waals surface area (Å²) in [4.78, 5) is 41.5. The van der Waals surface area contributed by atoms with Crippen LogP contribution >= 0.6 is 0 Å². The summed E-state index contributed by atoms with van der Waals surface area (Å²) in [6.07, 6.45) is 3.20. The number of carbonyl (C=O) groups excluding carboxylic acids is 3. The van der Waals surface area contributed by atoms with Crippen LogP contribution in [0.1, 0.15) is 63.9 Å². The standard InChI is InChI=1S/C26H40N2O9/c1-16(2)14-34-23-17(3)37-26(31)20(9-7-8-19(23)11-13-32-5)28-25(30)22-24(36-15-35-18(4)29)21(33-6)10-12-27-22/h10,12,16-17,19-20,23H,7-9,11,13-15H2,1-6H3,(H,28,30). The van der Waals surface area contributed by atoms with Crippen molar-refractivity contribution in [2.24, 2.45) is 11.8 Å². The summed E-state index contributed by atoms with van der Waals surface area (Å²) in [5.74, 6) is -1.04. The Morgan fingerprint density at radius 1 is 1.24 bits per heavy atom. The third kappa shape index (κ3) is 9.47. The van der Waals surface area contributed by atoms with Crippen LogP contribution in [0.5, 0.6) is 11.5 Å². The molecule has 11 nitrogen and oxygen atoms in total. The van der Waals surface area contributed by atoms with E-state index >= 15 is 0 Å². The minimum absolute atomic E-state index is 0.00432. The minimum atomic E-state index is -0.892. The van der Waals surface area contributed by atoms with Gasteiger partial charge in [0, 0.05) is 39.5 Å². The lowest BCUT2D eigenvalue weighted by atomic mass is 9.89. The third-order valence-corrected chi connectivity index (χ3v) is 5.97. The van der Waals surface area contributed by atoms with E-state index in [1.807, 2.05) is 6.92 Å². The lowest BCUT2D eigenvalue weighted by Gasteiger charge is -2.31. The molecular formula is C26H40N2O9. The molecule has 0 spiro atoms. The zero-order valence-corrected chi connectivity index (χ0v) is 22.6. The largest absolute Gasteiger partial charge is 0.493 e. The van der Waals surface area contributed by atoms with E-state index < -0.39 is 36.8 Å². The summed E-state index contributed by atoms with van der Waals surface area (Å²) in [6, 6.07) is 0.615. The number of cyclic esters (lactones) is 1. The molecule has 0 radical (unpaired) electrons. The Balaban J connectivity index is 2.20. The lowest BCUT2D eigenvalue weighted by Crippen LogP contribution is -2.45. The molecule has 1 saturated heterocycles. The van der Waals surface area contributed by atoms with Crippen molar-refractivity contribution in [3.63, 3.8) is 0 Å². The summed E-state index contributed by atoms with van der Waals surface area (Å²) in [6.45, 7) is 7.88. The van der Waals surface area contributed by atoms with Gasteiger partial charge in [-0.2, -0.15) is 0 Å². The van der Waals surface area contributed by atoms with Crippen LogP contribution in [0.3, 0.4) is 0 Å². The number of esters is 2. The average Bonchev–Trinajstić information content (AvgIpc) is 2.89. The molecule has 4 atom stereocenters. The maximum atomic E-state index is 13.2. The second-order valence-corrected chi connectivity index (χ2v) is 9.42. The van der Waals surface area contributed by atoms with Crippen LogP contribution in [0.25, 0.3) is 0 Å². The van der Waals surface area contributed by atoms with Crippen LogP contribution in [0.4, 0.5) is 0 Å². The van der Waals surface area contributed by atoms with Crippen LogP contribution in [-0.2, 0) is 28.5 Å². The van der Waals surface area contributed by atoms with Gasteiger partial charge in [-0.25, -0.2) is 9.78 Å². The van der Waals surface area contributed by atoms with Gasteiger partial charge in [0.15, 0.2) is 17.2 Å². The van der Waals surface area contributed by atoms with Crippen molar-refractivity contribution >= 4 is 17.8 Å². The molecule has 37 heavy (non-hydrogen) atoms. The summed E-state index contributed by atoms with van der Waals surface area (Å²) in [7, 11) is 3.06. The SMILES string of the molecule is COCCC1CCCC(NC(=O)c2nccc(OC)c2OCOC(C)=O)C(=O)OC(C)C1OCC(C)C. The molecule has 0 aromatic carbocycles. The quantitative estimate of drug-likeness (QED) is 0.322. The van der Waals surface area contributed by atoms with E-state index in [-0.39, 0.29) is 29.2 Å². The van der Waals surface area contributed by atoms with E-state index in [4.69, 9.17) is 28.4 Å². The van der Waals surface area contributed by atoms with Crippen LogP contribution in [0, 0.1) is 11.8 Å². The molecule has 1 aliphatic rings. The van der Waals surface area contributed by atoms with Crippen molar-refractivity contribution in [3.05, 3.63) is 18.0 Å². The number of hydrogen-bond donors (Lipinski definition) is 1. The number of nitrogens with one attached hydrogen (secondary N) is 1. The number of aromatic nitrogens is 1. The van der Waals surface area contributed by atoms with Crippen LogP contribution in [0.15, 0.2) is 12.3 Å². The smallest absolute Gasteiger partial charge is 0.329 e. The number of methoxy groups -OCH3 is 2. The molecule has 1 aliphatic heterocycles. The molecule has 1 aromatic rings. The van der Waals surface area contributed by atoms with E-state index in [1.54, 1.807) is 7.11 Å². The van der Waals surface area contributed by atoms with E-state index in [9.17, 15) is 14.4 Å². The minimum Gasteiger partial charge on any atom is -0.493 e. The maximum Gasteiger partial charge on any atom is 0.329 e. The van der Waals surface area contributed by atoms with Gasteiger partial charge in [-0.1, -0.05) is 20.3 Å². The first kappa shape index (κ1) is 30.3. The Morgan fingerprint density at radius 2 is 2.00 bits per heavy atom. The first-order chi connectivity index (χ1) is 17.7. The van der Waals surface area contributed by atoms with Gasteiger partial charge < -0.3 is 33.7 Å². The zero-order chi connectivity index (χ0) is 27.4. The molecule has 208 valence electrons. The average molecular weight is 525 g/mol. The molecule has 1 fully saturated rings. The number of carbonyl (C=O) groups is 3. The van der Waals surface area contributed by atoms with Gasteiger partial charge in [0.1, 0.15) is 12.1 Å². The van der Waals surface area contributed by atoms with E-state index in [2.05, 4.69) is 24.1 Å². The Bertz CT molecular complexity index is 893. The van der Waals surface area contributed by atoms with Gasteiger partial charge in [0.05, 0.1) is 13.2 Å². The van der Waals surface area contributed by atoms with Crippen molar-refractivity contribution in [3.8, 4) is 11.5 Å². The van der Waals surface area contributed by atoms with Crippen LogP contribution in [0.2, 0.25) is 0 Å². The molecular weight excluding hydrogens is 484 g/mol. The summed E-state index contributed by atoms with van der Waals surface area (Å²) >= 11 is 0. The maximum absolute atomic E-state index is 13.2. The second kappa shape index (κ2) is 15.4. The van der Waals surface area contributed by atoms with Crippen molar-refractivity contribution in [1.82, 2.24) is 10.3 Å². The van der Waals surface area contributed by atoms with Gasteiger partial charge in [-0.15, -0.1) is 0 Å². The van der Waals surface area contributed by atoms with Gasteiger partial charge in [-0.3, -0.25) is 9.59 Å². The van der Waals surface area contributed by atoms with Gasteiger partial charge in [0.2, 0.25) is 6.79 Å². The van der Waals surface area contributed by atoms with Crippen molar-refractivity contribution in [1.29, 1.82) is 0 Å². The Labute approximate surface area is 218 Å². The third-order valence-electron chi connectivity index (χ3n) is 5.97. The molecule has 2 rings (SSSR count). The van der Waals surface area contributed by atoms with Crippen molar-refractivity contribution in [2.45, 2.75) is 71.6 Å². The Hall–Kier alpha value is -2.92. The van der Waals surface area contributed by atoms with E-state index in [0.29, 0.717) is 32.0 Å². The van der Waals surface area contributed by atoms with Gasteiger partial charge in [-0.05, 0) is 38.0 Å². The van der Waals surface area contributed by atoms with Gasteiger partial charge in [0.25, 0.3) is 5.91 Å². The fourth-order valence-corrected chi connectivity index (χ4v) is 4.16. The fraction of sp³-hybridized carbons (Fsp3) is 0.692. The molecule has 1 amide bonds. The number of pyridine rings is 1. The highest BCUT2D eigenvalue weighted by Gasteiger charge is 2.35. The number of nitrogens with zero attached hydrogens (tertiary/aromatic N) is 1. The first-order valence-corrected chi connectivity index (χ1v) is 12.6. The molecule has 2 heterocycles. The molecule has 0 aliphatic carbocycles. The molecule has 0 saturated carbocycles. The van der Waals surface area contributed by atoms with E-state index in [0.717, 1.165) is 12.8 Å². The monoisotopic (exact) mass is 524 g/mol. The van der Waals surface area contributed by atoms with E-state index in [1.165, 1.54) is 26.3 Å². The Kier molecular flexibility index (Phi) is 12.6. The molecule has 11 heteroatoms. The molecule has 4 unspecified atom stereocenters. The highest BCUT2D eigenvalue weighted by atomic mass is 16.7. The normalized spacial score (nSPS) is 22.3. The molecule has 1 N–H and O–H groups in total. The van der Waals surface area contributed by atoms with Crippen LogP contribution < -0.4 is 14.8 Å². The fourth-order valence-electron chi connectivity index (χ4n) is 4.16. The summed E-state index contributed by atoms with van der Waals surface area (Å²) in [5, 5.41) is 2.73. The van der Waals surface area contributed by atoms with Crippen LogP contribution in [-0.4, -0.2) is 75.3 Å². The summed E-state index contributed by atoms with van der Waals surface area (Å²) < 4.78 is 32.8. The first-order valence-electron chi connectivity index (χ1n) is 12.6. The number of amides is 1. The highest BCUT2D eigenvalue weighted by molar-refractivity contribution is 5.98. The van der Waals surface area contributed by atoms with Crippen molar-refractivity contribution in [2.75, 3.05) is 34.2 Å². The number of hydrogen-bond acceptors (Lipinski definition) is 10. The van der Waals surface area contributed by atoms with Gasteiger partial charge >= 0.3 is 11.9 Å². The predicted molar refractivity (Wildman–Crippen MR) is 133 cm³/mol. The number of rotatable bonds is 12. The second-order valence-electron chi connectivity index (χ2n) is 9.42. The Morgan fingerprint density at radius 3 is 2.65 bits per heavy atom. The number of ether oxygens (including phenoxy) is 6. The highest BCUT2D eigenvalue weighted by Crippen LogP contribution is 2.30. The topological polar surface area (TPSA) is 132 Å². The molecule has 0 bridgehead atoms.